The SMILES string of the molecule is CC(N)c1cccnc1N1CC(=O)NC(=O)C1. The van der Waals surface area contributed by atoms with Crippen molar-refractivity contribution in [3.8, 4) is 0 Å². The highest BCUT2D eigenvalue weighted by atomic mass is 16.2. The van der Waals surface area contributed by atoms with E-state index >= 15 is 0 Å². The molecule has 1 atom stereocenters. The van der Waals surface area contributed by atoms with Crippen LogP contribution in [0, 0.1) is 0 Å². The van der Waals surface area contributed by atoms with E-state index in [0.29, 0.717) is 5.82 Å². The van der Waals surface area contributed by atoms with Crippen molar-refractivity contribution in [3.63, 3.8) is 0 Å². The summed E-state index contributed by atoms with van der Waals surface area (Å²) in [5.41, 5.74) is 6.67. The van der Waals surface area contributed by atoms with Crippen molar-refractivity contribution in [2.24, 2.45) is 5.73 Å². The van der Waals surface area contributed by atoms with Crippen LogP contribution in [0.15, 0.2) is 18.3 Å². The van der Waals surface area contributed by atoms with Crippen LogP contribution in [0.3, 0.4) is 0 Å². The molecule has 2 rings (SSSR count). The molecule has 0 bridgehead atoms. The number of hydrogen-bond acceptors (Lipinski definition) is 5. The summed E-state index contributed by atoms with van der Waals surface area (Å²) in [7, 11) is 0. The molecule has 1 fully saturated rings. The van der Waals surface area contributed by atoms with Crippen LogP contribution in [0.5, 0.6) is 0 Å². The number of hydrogen-bond donors (Lipinski definition) is 2. The standard InChI is InChI=1S/C11H14N4O2/c1-7(12)8-3-2-4-13-11(8)15-5-9(16)14-10(17)6-15/h2-4,7H,5-6,12H2,1H3,(H,14,16,17). The lowest BCUT2D eigenvalue weighted by Gasteiger charge is -2.28. The first kappa shape index (κ1) is 11.5. The summed E-state index contributed by atoms with van der Waals surface area (Å²) < 4.78 is 0. The first-order valence-corrected chi connectivity index (χ1v) is 5.36. The van der Waals surface area contributed by atoms with E-state index in [2.05, 4.69) is 10.3 Å². The second kappa shape index (κ2) is 4.50. The maximum absolute atomic E-state index is 11.3. The second-order valence-corrected chi connectivity index (χ2v) is 4.03. The Labute approximate surface area is 98.8 Å². The summed E-state index contributed by atoms with van der Waals surface area (Å²) in [6.07, 6.45) is 1.62. The van der Waals surface area contributed by atoms with Crippen LogP contribution < -0.4 is 16.0 Å². The number of nitrogens with one attached hydrogen (secondary N) is 1. The van der Waals surface area contributed by atoms with E-state index in [9.17, 15) is 9.59 Å². The van der Waals surface area contributed by atoms with Crippen LogP contribution in [0.1, 0.15) is 18.5 Å². The van der Waals surface area contributed by atoms with Gasteiger partial charge in [0.2, 0.25) is 11.8 Å². The van der Waals surface area contributed by atoms with E-state index < -0.39 is 0 Å². The van der Waals surface area contributed by atoms with Gasteiger partial charge in [-0.3, -0.25) is 14.9 Å². The van der Waals surface area contributed by atoms with Crippen molar-refractivity contribution in [1.82, 2.24) is 10.3 Å². The Morgan fingerprint density at radius 1 is 1.41 bits per heavy atom. The zero-order valence-corrected chi connectivity index (χ0v) is 9.51. The van der Waals surface area contributed by atoms with Gasteiger partial charge in [0.15, 0.2) is 0 Å². The van der Waals surface area contributed by atoms with Crippen molar-refractivity contribution < 1.29 is 9.59 Å². The Balaban J connectivity index is 2.33. The Hall–Kier alpha value is -1.95. The highest BCUT2D eigenvalue weighted by Gasteiger charge is 2.25. The fraction of sp³-hybridized carbons (Fsp3) is 0.364. The lowest BCUT2D eigenvalue weighted by Crippen LogP contribution is -2.52. The van der Waals surface area contributed by atoms with Crippen LogP contribution in [0.25, 0.3) is 0 Å². The van der Waals surface area contributed by atoms with Gasteiger partial charge in [0.25, 0.3) is 0 Å². The molecule has 1 saturated heterocycles. The molecule has 0 aliphatic carbocycles. The minimum absolute atomic E-state index is 0.127. The Morgan fingerprint density at radius 3 is 2.65 bits per heavy atom. The van der Waals surface area contributed by atoms with E-state index in [0.717, 1.165) is 5.56 Å². The van der Waals surface area contributed by atoms with Gasteiger partial charge in [0, 0.05) is 17.8 Å². The number of anilines is 1. The van der Waals surface area contributed by atoms with Gasteiger partial charge in [0.05, 0.1) is 13.1 Å². The largest absolute Gasteiger partial charge is 0.338 e. The molecule has 2 amide bonds. The van der Waals surface area contributed by atoms with E-state index in [1.807, 2.05) is 13.0 Å². The zero-order valence-electron chi connectivity index (χ0n) is 9.51. The van der Waals surface area contributed by atoms with Crippen LogP contribution >= 0.6 is 0 Å². The maximum Gasteiger partial charge on any atom is 0.246 e. The van der Waals surface area contributed by atoms with Crippen LogP contribution in [0.2, 0.25) is 0 Å². The van der Waals surface area contributed by atoms with Gasteiger partial charge in [-0.2, -0.15) is 0 Å². The molecule has 1 aliphatic heterocycles. The Bertz CT molecular complexity index is 443. The smallest absolute Gasteiger partial charge is 0.246 e. The summed E-state index contributed by atoms with van der Waals surface area (Å²) in [6.45, 7) is 2.09. The fourth-order valence-electron chi connectivity index (χ4n) is 1.82. The molecular weight excluding hydrogens is 220 g/mol. The van der Waals surface area contributed by atoms with E-state index in [-0.39, 0.29) is 30.9 Å². The molecule has 1 aromatic heterocycles. The molecule has 1 aromatic rings. The summed E-state index contributed by atoms with van der Waals surface area (Å²) in [4.78, 5) is 28.5. The Morgan fingerprint density at radius 2 is 2.06 bits per heavy atom. The van der Waals surface area contributed by atoms with Crippen LogP contribution in [0.4, 0.5) is 5.82 Å². The number of carbonyl (C=O) groups excluding carboxylic acids is 2. The average Bonchev–Trinajstić information content (AvgIpc) is 2.27. The average molecular weight is 234 g/mol. The minimum Gasteiger partial charge on any atom is -0.338 e. The summed E-state index contributed by atoms with van der Waals surface area (Å²) in [5, 5.41) is 2.25. The fourth-order valence-corrected chi connectivity index (χ4v) is 1.82. The molecule has 6 heteroatoms. The van der Waals surface area contributed by atoms with Crippen molar-refractivity contribution in [1.29, 1.82) is 0 Å². The lowest BCUT2D eigenvalue weighted by molar-refractivity contribution is -0.130. The predicted octanol–water partition coefficient (Wildman–Crippen LogP) is -0.436. The third-order valence-corrected chi connectivity index (χ3v) is 2.55. The van der Waals surface area contributed by atoms with Gasteiger partial charge in [-0.25, -0.2) is 4.98 Å². The summed E-state index contributed by atoms with van der Waals surface area (Å²) in [5.74, 6) is -0.0317. The molecule has 17 heavy (non-hydrogen) atoms. The van der Waals surface area contributed by atoms with E-state index in [1.165, 1.54) is 0 Å². The summed E-state index contributed by atoms with van der Waals surface area (Å²) in [6, 6.07) is 3.44. The topological polar surface area (TPSA) is 88.3 Å². The van der Waals surface area contributed by atoms with E-state index in [1.54, 1.807) is 17.2 Å². The van der Waals surface area contributed by atoms with Gasteiger partial charge >= 0.3 is 0 Å². The highest BCUT2D eigenvalue weighted by molar-refractivity contribution is 6.02. The lowest BCUT2D eigenvalue weighted by atomic mass is 10.1. The molecule has 90 valence electrons. The number of piperazine rings is 1. The molecule has 0 spiro atoms. The van der Waals surface area contributed by atoms with Crippen molar-refractivity contribution >= 4 is 17.6 Å². The quantitative estimate of drug-likeness (QED) is 0.677. The normalized spacial score (nSPS) is 17.9. The molecule has 2 heterocycles. The van der Waals surface area contributed by atoms with Gasteiger partial charge in [-0.1, -0.05) is 6.07 Å². The van der Waals surface area contributed by atoms with Crippen molar-refractivity contribution in [2.45, 2.75) is 13.0 Å². The molecule has 3 N–H and O–H groups in total. The summed E-state index contributed by atoms with van der Waals surface area (Å²) >= 11 is 0. The number of pyridine rings is 1. The minimum atomic E-state index is -0.317. The predicted molar refractivity (Wildman–Crippen MR) is 62.2 cm³/mol. The number of imide groups is 1. The highest BCUT2D eigenvalue weighted by Crippen LogP contribution is 2.22. The Kier molecular flexibility index (Phi) is 3.06. The van der Waals surface area contributed by atoms with Crippen molar-refractivity contribution in [3.05, 3.63) is 23.9 Å². The molecule has 6 nitrogen and oxygen atoms in total. The number of aromatic nitrogens is 1. The number of rotatable bonds is 2. The van der Waals surface area contributed by atoms with Crippen LogP contribution in [-0.2, 0) is 9.59 Å². The molecule has 0 saturated carbocycles. The van der Waals surface area contributed by atoms with Crippen molar-refractivity contribution in [2.75, 3.05) is 18.0 Å². The molecule has 0 aromatic carbocycles. The molecule has 1 unspecified atom stereocenters. The van der Waals surface area contributed by atoms with Gasteiger partial charge in [-0.05, 0) is 13.0 Å². The first-order valence-electron chi connectivity index (χ1n) is 5.36. The maximum atomic E-state index is 11.3. The number of amides is 2. The molecular formula is C11H14N4O2. The van der Waals surface area contributed by atoms with E-state index in [4.69, 9.17) is 5.73 Å². The van der Waals surface area contributed by atoms with Crippen LogP contribution in [-0.4, -0.2) is 29.9 Å². The van der Waals surface area contributed by atoms with Gasteiger partial charge in [-0.15, -0.1) is 0 Å². The molecule has 1 aliphatic rings. The molecule has 0 radical (unpaired) electrons. The number of carbonyl (C=O) groups is 2. The monoisotopic (exact) mass is 234 g/mol. The second-order valence-electron chi connectivity index (χ2n) is 4.03. The number of nitrogens with zero attached hydrogens (tertiary/aromatic N) is 2. The first-order chi connectivity index (χ1) is 8.08. The third kappa shape index (κ3) is 2.42. The van der Waals surface area contributed by atoms with Gasteiger partial charge < -0.3 is 10.6 Å². The van der Waals surface area contributed by atoms with Gasteiger partial charge in [0.1, 0.15) is 5.82 Å². The zero-order chi connectivity index (χ0) is 12.4. The third-order valence-electron chi connectivity index (χ3n) is 2.55. The number of nitrogens with two attached hydrogens (primary N) is 1.